The Morgan fingerprint density at radius 1 is 1.53 bits per heavy atom. The lowest BCUT2D eigenvalue weighted by molar-refractivity contribution is 0.315. The molecule has 0 aliphatic carbocycles. The van der Waals surface area contributed by atoms with Crippen LogP contribution in [0.25, 0.3) is 0 Å². The summed E-state index contributed by atoms with van der Waals surface area (Å²) >= 11 is 0. The van der Waals surface area contributed by atoms with Crippen LogP contribution in [0.4, 0.5) is 0 Å². The average Bonchev–Trinajstić information content (AvgIpc) is 2.26. The van der Waals surface area contributed by atoms with Crippen molar-refractivity contribution in [3.05, 3.63) is 29.3 Å². The summed E-state index contributed by atoms with van der Waals surface area (Å²) in [6.07, 6.45) is 0.974. The van der Waals surface area contributed by atoms with Gasteiger partial charge in [0.1, 0.15) is 5.75 Å². The number of nitrogens with zero attached hydrogens (tertiary/aromatic N) is 1. The molecule has 1 aromatic carbocycles. The van der Waals surface area contributed by atoms with Crippen molar-refractivity contribution < 1.29 is 9.94 Å². The molecular formula is C11H16N2O2. The first kappa shape index (κ1) is 11.4. The minimum absolute atomic E-state index is 0.111. The molecule has 0 aliphatic heterocycles. The van der Waals surface area contributed by atoms with Crippen LogP contribution in [0.1, 0.15) is 24.5 Å². The summed E-state index contributed by atoms with van der Waals surface area (Å²) in [6.45, 7) is 4.68. The highest BCUT2D eigenvalue weighted by Crippen LogP contribution is 2.19. The summed E-state index contributed by atoms with van der Waals surface area (Å²) in [6, 6.07) is 5.44. The van der Waals surface area contributed by atoms with Gasteiger partial charge in [-0.2, -0.15) is 0 Å². The lowest BCUT2D eigenvalue weighted by atomic mass is 10.1. The van der Waals surface area contributed by atoms with Crippen molar-refractivity contribution in [3.63, 3.8) is 0 Å². The second-order valence-corrected chi connectivity index (χ2v) is 3.31. The summed E-state index contributed by atoms with van der Waals surface area (Å²) in [5.74, 6) is 0.950. The van der Waals surface area contributed by atoms with E-state index in [9.17, 15) is 0 Å². The quantitative estimate of drug-likeness (QED) is 0.343. The monoisotopic (exact) mass is 208 g/mol. The van der Waals surface area contributed by atoms with E-state index in [1.807, 2.05) is 19.1 Å². The van der Waals surface area contributed by atoms with Crippen molar-refractivity contribution in [2.45, 2.75) is 20.3 Å². The molecule has 0 atom stereocenters. The molecule has 1 rings (SSSR count). The van der Waals surface area contributed by atoms with Gasteiger partial charge in [-0.05, 0) is 37.1 Å². The van der Waals surface area contributed by atoms with Gasteiger partial charge >= 0.3 is 0 Å². The van der Waals surface area contributed by atoms with Crippen LogP contribution >= 0.6 is 0 Å². The Hall–Kier alpha value is -1.71. The van der Waals surface area contributed by atoms with Crippen LogP contribution in [0.15, 0.2) is 23.4 Å². The second kappa shape index (κ2) is 5.24. The summed E-state index contributed by atoms with van der Waals surface area (Å²) in [5.41, 5.74) is 7.15. The Kier molecular flexibility index (Phi) is 3.97. The number of rotatable bonds is 4. The van der Waals surface area contributed by atoms with Gasteiger partial charge in [-0.25, -0.2) is 0 Å². The summed E-state index contributed by atoms with van der Waals surface area (Å²) in [5, 5.41) is 11.5. The Labute approximate surface area is 89.4 Å². The molecule has 0 saturated heterocycles. The predicted octanol–water partition coefficient (Wildman–Crippen LogP) is 1.88. The third-order valence-corrected chi connectivity index (χ3v) is 2.04. The van der Waals surface area contributed by atoms with Gasteiger partial charge in [0.15, 0.2) is 5.84 Å². The molecule has 4 nitrogen and oxygen atoms in total. The third-order valence-electron chi connectivity index (χ3n) is 2.04. The van der Waals surface area contributed by atoms with Gasteiger partial charge in [-0.15, -0.1) is 0 Å². The number of aryl methyl sites for hydroxylation is 1. The normalized spacial score (nSPS) is 11.5. The van der Waals surface area contributed by atoms with Crippen LogP contribution in [0.2, 0.25) is 0 Å². The van der Waals surface area contributed by atoms with Crippen LogP contribution in [0.3, 0.4) is 0 Å². The highest BCUT2D eigenvalue weighted by atomic mass is 16.5. The van der Waals surface area contributed by atoms with Crippen LogP contribution in [-0.2, 0) is 0 Å². The molecule has 15 heavy (non-hydrogen) atoms. The van der Waals surface area contributed by atoms with Gasteiger partial charge in [0.05, 0.1) is 6.61 Å². The van der Waals surface area contributed by atoms with Gasteiger partial charge in [0.2, 0.25) is 0 Å². The molecule has 1 aromatic rings. The molecule has 0 spiro atoms. The highest BCUT2D eigenvalue weighted by molar-refractivity contribution is 5.97. The van der Waals surface area contributed by atoms with Gasteiger partial charge in [-0.1, -0.05) is 12.1 Å². The maximum absolute atomic E-state index is 8.52. The molecule has 4 heteroatoms. The van der Waals surface area contributed by atoms with E-state index >= 15 is 0 Å². The fraction of sp³-hybridized carbons (Fsp3) is 0.364. The standard InChI is InChI=1S/C11H16N2O2/c1-3-6-15-10-5-4-9(7-8(10)2)11(12)13-14/h4-5,7,14H,3,6H2,1-2H3,(H2,12,13). The van der Waals surface area contributed by atoms with Crippen molar-refractivity contribution in [2.24, 2.45) is 10.9 Å². The van der Waals surface area contributed by atoms with E-state index in [1.54, 1.807) is 6.07 Å². The summed E-state index contributed by atoms with van der Waals surface area (Å²) < 4.78 is 5.51. The Morgan fingerprint density at radius 3 is 2.80 bits per heavy atom. The van der Waals surface area contributed by atoms with Crippen LogP contribution < -0.4 is 10.5 Å². The first-order chi connectivity index (χ1) is 7.19. The summed E-state index contributed by atoms with van der Waals surface area (Å²) in [4.78, 5) is 0. The average molecular weight is 208 g/mol. The molecule has 0 heterocycles. The number of nitrogens with two attached hydrogens (primary N) is 1. The van der Waals surface area contributed by atoms with Gasteiger partial charge in [0.25, 0.3) is 0 Å². The molecule has 0 unspecified atom stereocenters. The van der Waals surface area contributed by atoms with Gasteiger partial charge in [0, 0.05) is 5.56 Å². The third kappa shape index (κ3) is 2.87. The molecule has 82 valence electrons. The van der Waals surface area contributed by atoms with Crippen LogP contribution in [-0.4, -0.2) is 17.6 Å². The van der Waals surface area contributed by atoms with E-state index < -0.39 is 0 Å². The first-order valence-corrected chi connectivity index (χ1v) is 4.90. The maximum Gasteiger partial charge on any atom is 0.170 e. The predicted molar refractivity (Wildman–Crippen MR) is 59.5 cm³/mol. The van der Waals surface area contributed by atoms with E-state index in [2.05, 4.69) is 12.1 Å². The van der Waals surface area contributed by atoms with Crippen molar-refractivity contribution in [1.82, 2.24) is 0 Å². The second-order valence-electron chi connectivity index (χ2n) is 3.31. The molecule has 0 fully saturated rings. The first-order valence-electron chi connectivity index (χ1n) is 4.90. The molecule has 3 N–H and O–H groups in total. The maximum atomic E-state index is 8.52. The number of amidine groups is 1. The number of hydrogen-bond acceptors (Lipinski definition) is 3. The number of hydrogen-bond donors (Lipinski definition) is 2. The minimum Gasteiger partial charge on any atom is -0.493 e. The molecule has 0 bridgehead atoms. The molecule has 0 amide bonds. The fourth-order valence-electron chi connectivity index (χ4n) is 1.24. The van der Waals surface area contributed by atoms with Crippen LogP contribution in [0, 0.1) is 6.92 Å². The van der Waals surface area contributed by atoms with E-state index in [4.69, 9.17) is 15.7 Å². The Balaban J connectivity index is 2.88. The Morgan fingerprint density at radius 2 is 2.27 bits per heavy atom. The number of oxime groups is 1. The van der Waals surface area contributed by atoms with Crippen LogP contribution in [0.5, 0.6) is 5.75 Å². The lowest BCUT2D eigenvalue weighted by Crippen LogP contribution is -2.13. The molecular weight excluding hydrogens is 192 g/mol. The van der Waals surface area contributed by atoms with Gasteiger partial charge in [-0.3, -0.25) is 0 Å². The van der Waals surface area contributed by atoms with E-state index in [-0.39, 0.29) is 5.84 Å². The molecule has 0 radical (unpaired) electrons. The minimum atomic E-state index is 0.111. The largest absolute Gasteiger partial charge is 0.493 e. The van der Waals surface area contributed by atoms with Crippen molar-refractivity contribution in [1.29, 1.82) is 0 Å². The highest BCUT2D eigenvalue weighted by Gasteiger charge is 2.03. The zero-order valence-electron chi connectivity index (χ0n) is 9.03. The van der Waals surface area contributed by atoms with E-state index in [0.29, 0.717) is 12.2 Å². The smallest absolute Gasteiger partial charge is 0.170 e. The number of benzene rings is 1. The van der Waals surface area contributed by atoms with Crippen molar-refractivity contribution >= 4 is 5.84 Å². The zero-order chi connectivity index (χ0) is 11.3. The lowest BCUT2D eigenvalue weighted by Gasteiger charge is -2.09. The summed E-state index contributed by atoms with van der Waals surface area (Å²) in [7, 11) is 0. The molecule has 0 aliphatic rings. The van der Waals surface area contributed by atoms with E-state index in [1.165, 1.54) is 0 Å². The molecule has 0 saturated carbocycles. The molecule has 0 aromatic heterocycles. The van der Waals surface area contributed by atoms with E-state index in [0.717, 1.165) is 17.7 Å². The van der Waals surface area contributed by atoms with Gasteiger partial charge < -0.3 is 15.7 Å². The van der Waals surface area contributed by atoms with Crippen molar-refractivity contribution in [3.8, 4) is 5.75 Å². The Bertz CT molecular complexity index is 362. The topological polar surface area (TPSA) is 67.8 Å². The zero-order valence-corrected chi connectivity index (χ0v) is 9.03. The SMILES string of the molecule is CCCOc1ccc(/C(N)=N/O)cc1C. The fourth-order valence-corrected chi connectivity index (χ4v) is 1.24. The van der Waals surface area contributed by atoms with Crippen molar-refractivity contribution in [2.75, 3.05) is 6.61 Å². The number of ether oxygens (including phenoxy) is 1.